The van der Waals surface area contributed by atoms with E-state index in [1.54, 1.807) is 23.1 Å². The lowest BCUT2D eigenvalue weighted by Gasteiger charge is -2.08. The molecule has 0 radical (unpaired) electrons. The molecule has 0 fully saturated rings. The lowest BCUT2D eigenvalue weighted by molar-refractivity contribution is -0.115. The number of carbonyl (C=O) groups is 1. The van der Waals surface area contributed by atoms with E-state index in [9.17, 15) is 4.79 Å². The van der Waals surface area contributed by atoms with E-state index in [1.165, 1.54) is 11.3 Å². The number of hydrogen-bond acceptors (Lipinski definition) is 6. The van der Waals surface area contributed by atoms with Gasteiger partial charge in [-0.05, 0) is 36.6 Å². The Morgan fingerprint density at radius 1 is 1.43 bits per heavy atom. The molecule has 0 aliphatic carbocycles. The number of amides is 1. The van der Waals surface area contributed by atoms with E-state index < -0.39 is 0 Å². The number of thiophene rings is 1. The van der Waals surface area contributed by atoms with Gasteiger partial charge in [0.1, 0.15) is 0 Å². The van der Waals surface area contributed by atoms with Gasteiger partial charge in [-0.2, -0.15) is 0 Å². The molecule has 21 heavy (non-hydrogen) atoms. The Kier molecular flexibility index (Phi) is 4.14. The number of thioether (sulfide) groups is 1. The predicted molar refractivity (Wildman–Crippen MR) is 92.3 cm³/mol. The van der Waals surface area contributed by atoms with Crippen molar-refractivity contribution in [3.8, 4) is 0 Å². The van der Waals surface area contributed by atoms with E-state index in [0.29, 0.717) is 10.8 Å². The number of fused-ring (bicyclic) bond motifs is 1. The quantitative estimate of drug-likeness (QED) is 0.557. The van der Waals surface area contributed by atoms with Gasteiger partial charge in [0.05, 0.1) is 19.7 Å². The van der Waals surface area contributed by atoms with Crippen LogP contribution in [0.4, 0.5) is 10.8 Å². The highest BCUT2D eigenvalue weighted by Gasteiger charge is 2.16. The van der Waals surface area contributed by atoms with E-state index in [4.69, 9.17) is 5.73 Å². The lowest BCUT2D eigenvalue weighted by atomic mass is 10.3. The largest absolute Gasteiger partial charge is 0.399 e. The SMILES string of the molecule is CC(Sc1cccs1)C(=O)Nc1nc2ccc(N)cc2s1. The molecule has 1 unspecified atom stereocenters. The maximum Gasteiger partial charge on any atom is 0.239 e. The van der Waals surface area contributed by atoms with Gasteiger partial charge in [0.25, 0.3) is 0 Å². The van der Waals surface area contributed by atoms with Crippen LogP contribution in [-0.2, 0) is 4.79 Å². The zero-order chi connectivity index (χ0) is 14.8. The summed E-state index contributed by atoms with van der Waals surface area (Å²) in [5.41, 5.74) is 7.30. The first-order chi connectivity index (χ1) is 10.1. The molecule has 7 heteroatoms. The Morgan fingerprint density at radius 2 is 2.29 bits per heavy atom. The molecule has 3 rings (SSSR count). The lowest BCUT2D eigenvalue weighted by Crippen LogP contribution is -2.22. The van der Waals surface area contributed by atoms with Gasteiger partial charge < -0.3 is 11.1 Å². The molecule has 0 spiro atoms. The predicted octanol–water partition coefficient (Wildman–Crippen LogP) is 4.06. The second-order valence-electron chi connectivity index (χ2n) is 4.43. The number of benzene rings is 1. The summed E-state index contributed by atoms with van der Waals surface area (Å²) >= 11 is 4.62. The standard InChI is InChI=1S/C14H13N3OS3/c1-8(20-12-3-2-6-19-12)13(18)17-14-16-10-5-4-9(15)7-11(10)21-14/h2-8H,15H2,1H3,(H,16,17,18). The summed E-state index contributed by atoms with van der Waals surface area (Å²) in [7, 11) is 0. The van der Waals surface area contributed by atoms with Gasteiger partial charge in [0, 0.05) is 5.69 Å². The molecule has 1 amide bonds. The van der Waals surface area contributed by atoms with Gasteiger partial charge >= 0.3 is 0 Å². The van der Waals surface area contributed by atoms with Gasteiger partial charge in [0.2, 0.25) is 5.91 Å². The number of nitrogens with two attached hydrogens (primary N) is 1. The zero-order valence-electron chi connectivity index (χ0n) is 11.2. The summed E-state index contributed by atoms with van der Waals surface area (Å²) in [6, 6.07) is 9.53. The van der Waals surface area contributed by atoms with Crippen molar-refractivity contribution in [2.45, 2.75) is 16.4 Å². The number of thiazole rings is 1. The van der Waals surface area contributed by atoms with E-state index in [1.807, 2.05) is 42.6 Å². The summed E-state index contributed by atoms with van der Waals surface area (Å²) < 4.78 is 2.11. The molecule has 0 bridgehead atoms. The number of aromatic nitrogens is 1. The molecule has 0 saturated heterocycles. The second-order valence-corrected chi connectivity index (χ2v) is 8.05. The monoisotopic (exact) mass is 335 g/mol. The molecule has 0 aliphatic heterocycles. The van der Waals surface area contributed by atoms with E-state index in [0.717, 1.165) is 14.4 Å². The van der Waals surface area contributed by atoms with Crippen molar-refractivity contribution < 1.29 is 4.79 Å². The highest BCUT2D eigenvalue weighted by Crippen LogP contribution is 2.30. The van der Waals surface area contributed by atoms with Gasteiger partial charge in [0.15, 0.2) is 5.13 Å². The number of nitrogens with one attached hydrogen (secondary N) is 1. The van der Waals surface area contributed by atoms with Crippen molar-refractivity contribution in [1.29, 1.82) is 0 Å². The Balaban J connectivity index is 1.70. The number of hydrogen-bond donors (Lipinski definition) is 2. The van der Waals surface area contributed by atoms with Crippen LogP contribution in [0.2, 0.25) is 0 Å². The first kappa shape index (κ1) is 14.4. The highest BCUT2D eigenvalue weighted by molar-refractivity contribution is 8.02. The maximum absolute atomic E-state index is 12.2. The van der Waals surface area contributed by atoms with E-state index in [2.05, 4.69) is 10.3 Å². The number of nitrogen functional groups attached to an aromatic ring is 1. The van der Waals surface area contributed by atoms with Crippen LogP contribution in [-0.4, -0.2) is 16.1 Å². The third-order valence-corrected chi connectivity index (χ3v) is 5.91. The molecular weight excluding hydrogens is 322 g/mol. The van der Waals surface area contributed by atoms with Crippen LogP contribution in [0.15, 0.2) is 39.9 Å². The fourth-order valence-corrected chi connectivity index (χ4v) is 4.62. The average Bonchev–Trinajstić information content (AvgIpc) is 3.07. The average molecular weight is 335 g/mol. The van der Waals surface area contributed by atoms with Crippen LogP contribution in [0.25, 0.3) is 10.2 Å². The summed E-state index contributed by atoms with van der Waals surface area (Å²) in [5.74, 6) is -0.0413. The third-order valence-electron chi connectivity index (χ3n) is 2.80. The molecule has 1 atom stereocenters. The van der Waals surface area contributed by atoms with Gasteiger partial charge in [-0.25, -0.2) is 4.98 Å². The fraction of sp³-hybridized carbons (Fsp3) is 0.143. The summed E-state index contributed by atoms with van der Waals surface area (Å²) in [4.78, 5) is 16.6. The normalized spacial score (nSPS) is 12.4. The third kappa shape index (κ3) is 3.37. The Bertz CT molecular complexity index is 767. The minimum atomic E-state index is -0.166. The molecule has 4 nitrogen and oxygen atoms in total. The van der Waals surface area contributed by atoms with Crippen LogP contribution < -0.4 is 11.1 Å². The highest BCUT2D eigenvalue weighted by atomic mass is 32.2. The molecule has 0 saturated carbocycles. The zero-order valence-corrected chi connectivity index (χ0v) is 13.6. The molecule has 0 aliphatic rings. The van der Waals surface area contributed by atoms with Gasteiger partial charge in [-0.1, -0.05) is 17.4 Å². The molecule has 1 aromatic carbocycles. The van der Waals surface area contributed by atoms with E-state index in [-0.39, 0.29) is 11.2 Å². The van der Waals surface area contributed by atoms with Crippen LogP contribution in [0.5, 0.6) is 0 Å². The molecule has 2 aromatic heterocycles. The minimum absolute atomic E-state index is 0.0413. The smallest absolute Gasteiger partial charge is 0.239 e. The molecule has 3 aromatic rings. The van der Waals surface area contributed by atoms with Crippen LogP contribution in [0, 0.1) is 0 Å². The fourth-order valence-electron chi connectivity index (χ4n) is 1.76. The molecular formula is C14H13N3OS3. The van der Waals surface area contributed by atoms with Crippen molar-refractivity contribution in [1.82, 2.24) is 4.98 Å². The first-order valence-electron chi connectivity index (χ1n) is 6.29. The first-order valence-corrected chi connectivity index (χ1v) is 8.86. The van der Waals surface area contributed by atoms with Crippen LogP contribution >= 0.6 is 34.4 Å². The summed E-state index contributed by atoms with van der Waals surface area (Å²) in [6.45, 7) is 1.89. The van der Waals surface area contributed by atoms with Crippen LogP contribution in [0.3, 0.4) is 0 Å². The second kappa shape index (κ2) is 6.05. The minimum Gasteiger partial charge on any atom is -0.399 e. The van der Waals surface area contributed by atoms with Gasteiger partial charge in [-0.3, -0.25) is 4.79 Å². The number of rotatable bonds is 4. The van der Waals surface area contributed by atoms with Crippen molar-refractivity contribution in [2.24, 2.45) is 0 Å². The van der Waals surface area contributed by atoms with Crippen LogP contribution in [0.1, 0.15) is 6.92 Å². The summed E-state index contributed by atoms with van der Waals surface area (Å²) in [6.07, 6.45) is 0. The van der Waals surface area contributed by atoms with Crippen molar-refractivity contribution in [2.75, 3.05) is 11.1 Å². The molecule has 2 heterocycles. The number of nitrogens with zero attached hydrogens (tertiary/aromatic N) is 1. The summed E-state index contributed by atoms with van der Waals surface area (Å²) in [5, 5.41) is 5.32. The van der Waals surface area contributed by atoms with Crippen molar-refractivity contribution in [3.63, 3.8) is 0 Å². The van der Waals surface area contributed by atoms with Gasteiger partial charge in [-0.15, -0.1) is 23.1 Å². The number of anilines is 2. The van der Waals surface area contributed by atoms with Crippen molar-refractivity contribution in [3.05, 3.63) is 35.7 Å². The van der Waals surface area contributed by atoms with Crippen molar-refractivity contribution >= 4 is 61.4 Å². The topological polar surface area (TPSA) is 68.0 Å². The molecule has 108 valence electrons. The molecule has 3 N–H and O–H groups in total. The maximum atomic E-state index is 12.2. The Labute approximate surface area is 134 Å². The Hall–Kier alpha value is -1.57. The number of carbonyl (C=O) groups excluding carboxylic acids is 1. The Morgan fingerprint density at radius 3 is 3.05 bits per heavy atom. The van der Waals surface area contributed by atoms with E-state index >= 15 is 0 Å².